The van der Waals surface area contributed by atoms with Crippen molar-refractivity contribution in [1.29, 1.82) is 0 Å². The van der Waals surface area contributed by atoms with E-state index < -0.39 is 23.2 Å². The molecule has 0 bridgehead atoms. The standard InChI is InChI=1S/C17H17F2N7O/c1-25-9-10(7-21-25)16-24-23-14-3-2-12(4-5-26(14)16)22-17(27)15-13(19)6-11(18)8-20-15/h6-9,12H,2-5H2,1H3,(H,22,27). The highest BCUT2D eigenvalue weighted by Crippen LogP contribution is 2.22. The molecular formula is C17H17F2N7O. The molecule has 4 rings (SSSR count). The highest BCUT2D eigenvalue weighted by Gasteiger charge is 2.24. The van der Waals surface area contributed by atoms with Crippen LogP contribution in [0.2, 0.25) is 0 Å². The van der Waals surface area contributed by atoms with Crippen LogP contribution in [0.3, 0.4) is 0 Å². The third-order valence-corrected chi connectivity index (χ3v) is 4.57. The summed E-state index contributed by atoms with van der Waals surface area (Å²) in [4.78, 5) is 15.8. The number of aromatic nitrogens is 6. The number of nitrogens with zero attached hydrogens (tertiary/aromatic N) is 6. The minimum absolute atomic E-state index is 0.174. The monoisotopic (exact) mass is 373 g/mol. The lowest BCUT2D eigenvalue weighted by Gasteiger charge is -2.16. The molecule has 140 valence electrons. The first-order chi connectivity index (χ1) is 13.0. The third kappa shape index (κ3) is 3.42. The number of hydrogen-bond donors (Lipinski definition) is 1. The summed E-state index contributed by atoms with van der Waals surface area (Å²) in [5.41, 5.74) is 0.465. The van der Waals surface area contributed by atoms with Crippen LogP contribution in [0.15, 0.2) is 24.7 Å². The van der Waals surface area contributed by atoms with Gasteiger partial charge in [0.25, 0.3) is 5.91 Å². The molecule has 3 aromatic rings. The highest BCUT2D eigenvalue weighted by molar-refractivity contribution is 5.92. The van der Waals surface area contributed by atoms with Gasteiger partial charge in [-0.05, 0) is 12.8 Å². The number of carbonyl (C=O) groups is 1. The van der Waals surface area contributed by atoms with Gasteiger partial charge in [0, 0.05) is 38.3 Å². The third-order valence-electron chi connectivity index (χ3n) is 4.57. The van der Waals surface area contributed by atoms with Crippen LogP contribution in [0.25, 0.3) is 11.4 Å². The number of carbonyl (C=O) groups excluding carboxylic acids is 1. The van der Waals surface area contributed by atoms with E-state index in [9.17, 15) is 13.6 Å². The Morgan fingerprint density at radius 3 is 2.85 bits per heavy atom. The lowest BCUT2D eigenvalue weighted by atomic mass is 10.1. The molecule has 1 amide bonds. The second kappa shape index (κ2) is 6.86. The number of aryl methyl sites for hydroxylation is 2. The summed E-state index contributed by atoms with van der Waals surface area (Å²) in [7, 11) is 1.83. The topological polar surface area (TPSA) is 90.5 Å². The molecule has 0 aromatic carbocycles. The lowest BCUT2D eigenvalue weighted by molar-refractivity contribution is 0.0923. The number of nitrogens with one attached hydrogen (secondary N) is 1. The summed E-state index contributed by atoms with van der Waals surface area (Å²) in [6.45, 7) is 0.608. The van der Waals surface area contributed by atoms with Gasteiger partial charge < -0.3 is 9.88 Å². The number of fused-ring (bicyclic) bond motifs is 1. The molecule has 1 atom stereocenters. The SMILES string of the molecule is Cn1cc(-c2nnc3n2CCC(NC(=O)c2ncc(F)cc2F)CC3)cn1. The summed E-state index contributed by atoms with van der Waals surface area (Å²) < 4.78 is 30.4. The molecule has 0 fully saturated rings. The van der Waals surface area contributed by atoms with Gasteiger partial charge in [0.2, 0.25) is 0 Å². The molecular weight excluding hydrogens is 356 g/mol. The van der Waals surface area contributed by atoms with Gasteiger partial charge in [-0.1, -0.05) is 0 Å². The molecule has 27 heavy (non-hydrogen) atoms. The molecule has 0 saturated heterocycles. The number of amides is 1. The van der Waals surface area contributed by atoms with E-state index in [0.29, 0.717) is 31.9 Å². The van der Waals surface area contributed by atoms with Crippen molar-refractivity contribution in [2.75, 3.05) is 0 Å². The average Bonchev–Trinajstić information content (AvgIpc) is 3.17. The summed E-state index contributed by atoms with van der Waals surface area (Å²) >= 11 is 0. The fourth-order valence-electron chi connectivity index (χ4n) is 3.22. The molecule has 1 N–H and O–H groups in total. The summed E-state index contributed by atoms with van der Waals surface area (Å²) in [6, 6.07) is 0.475. The Hall–Kier alpha value is -3.17. The van der Waals surface area contributed by atoms with Crippen molar-refractivity contribution >= 4 is 5.91 Å². The fourth-order valence-corrected chi connectivity index (χ4v) is 3.22. The molecule has 1 aliphatic rings. The first-order valence-electron chi connectivity index (χ1n) is 8.54. The van der Waals surface area contributed by atoms with Crippen molar-refractivity contribution in [3.05, 3.63) is 47.8 Å². The Bertz CT molecular complexity index is 997. The first-order valence-corrected chi connectivity index (χ1v) is 8.54. The van der Waals surface area contributed by atoms with Crippen LogP contribution >= 0.6 is 0 Å². The zero-order valence-electron chi connectivity index (χ0n) is 14.6. The van der Waals surface area contributed by atoms with E-state index in [2.05, 4.69) is 25.6 Å². The maximum absolute atomic E-state index is 13.7. The molecule has 0 spiro atoms. The van der Waals surface area contributed by atoms with E-state index in [1.807, 2.05) is 17.8 Å². The fraction of sp³-hybridized carbons (Fsp3) is 0.353. The van der Waals surface area contributed by atoms with Crippen molar-refractivity contribution in [3.63, 3.8) is 0 Å². The van der Waals surface area contributed by atoms with E-state index in [-0.39, 0.29) is 6.04 Å². The van der Waals surface area contributed by atoms with Crippen molar-refractivity contribution in [2.24, 2.45) is 7.05 Å². The van der Waals surface area contributed by atoms with Gasteiger partial charge in [-0.2, -0.15) is 5.10 Å². The predicted octanol–water partition coefficient (Wildman–Crippen LogP) is 1.49. The molecule has 1 aliphatic heterocycles. The number of rotatable bonds is 3. The summed E-state index contributed by atoms with van der Waals surface area (Å²) in [5, 5.41) is 15.4. The normalized spacial score (nSPS) is 16.6. The smallest absolute Gasteiger partial charge is 0.273 e. The van der Waals surface area contributed by atoms with E-state index in [1.165, 1.54) is 0 Å². The van der Waals surface area contributed by atoms with Gasteiger partial charge in [-0.15, -0.1) is 10.2 Å². The second-order valence-electron chi connectivity index (χ2n) is 6.48. The number of pyridine rings is 1. The van der Waals surface area contributed by atoms with Crippen LogP contribution in [0, 0.1) is 11.6 Å². The molecule has 8 nitrogen and oxygen atoms in total. The van der Waals surface area contributed by atoms with Gasteiger partial charge in [0.15, 0.2) is 17.3 Å². The van der Waals surface area contributed by atoms with Crippen molar-refractivity contribution in [3.8, 4) is 11.4 Å². The highest BCUT2D eigenvalue weighted by atomic mass is 19.1. The first kappa shape index (κ1) is 17.3. The molecule has 3 aromatic heterocycles. The largest absolute Gasteiger partial charge is 0.348 e. The second-order valence-corrected chi connectivity index (χ2v) is 6.48. The zero-order chi connectivity index (χ0) is 19.0. The van der Waals surface area contributed by atoms with E-state index in [1.54, 1.807) is 10.9 Å². The minimum Gasteiger partial charge on any atom is -0.348 e. The van der Waals surface area contributed by atoms with Gasteiger partial charge in [-0.25, -0.2) is 13.8 Å². The Morgan fingerprint density at radius 2 is 2.11 bits per heavy atom. The molecule has 0 aliphatic carbocycles. The van der Waals surface area contributed by atoms with Crippen LogP contribution in [-0.2, 0) is 20.0 Å². The lowest BCUT2D eigenvalue weighted by Crippen LogP contribution is -2.36. The van der Waals surface area contributed by atoms with Crippen LogP contribution in [0.4, 0.5) is 8.78 Å². The Kier molecular flexibility index (Phi) is 4.38. The molecule has 4 heterocycles. The Balaban J connectivity index is 1.47. The van der Waals surface area contributed by atoms with Crippen molar-refractivity contribution in [1.82, 2.24) is 34.8 Å². The van der Waals surface area contributed by atoms with Crippen LogP contribution < -0.4 is 5.32 Å². The minimum atomic E-state index is -0.975. The van der Waals surface area contributed by atoms with Crippen molar-refractivity contribution < 1.29 is 13.6 Å². The van der Waals surface area contributed by atoms with Crippen molar-refractivity contribution in [2.45, 2.75) is 31.8 Å². The van der Waals surface area contributed by atoms with Gasteiger partial charge >= 0.3 is 0 Å². The number of halogens is 2. The van der Waals surface area contributed by atoms with E-state index >= 15 is 0 Å². The maximum atomic E-state index is 13.7. The van der Waals surface area contributed by atoms with Gasteiger partial charge in [0.1, 0.15) is 11.6 Å². The van der Waals surface area contributed by atoms with Crippen LogP contribution in [0.5, 0.6) is 0 Å². The Labute approximate surface area is 153 Å². The van der Waals surface area contributed by atoms with Gasteiger partial charge in [-0.3, -0.25) is 9.48 Å². The van der Waals surface area contributed by atoms with Crippen LogP contribution in [-0.4, -0.2) is 41.5 Å². The number of hydrogen-bond acceptors (Lipinski definition) is 5. The van der Waals surface area contributed by atoms with E-state index in [0.717, 1.165) is 23.4 Å². The zero-order valence-corrected chi connectivity index (χ0v) is 14.6. The maximum Gasteiger partial charge on any atom is 0.273 e. The molecule has 0 saturated carbocycles. The Morgan fingerprint density at radius 1 is 1.26 bits per heavy atom. The summed E-state index contributed by atoms with van der Waals surface area (Å²) in [6.07, 6.45) is 6.31. The summed E-state index contributed by atoms with van der Waals surface area (Å²) in [5.74, 6) is -0.882. The predicted molar refractivity (Wildman–Crippen MR) is 90.6 cm³/mol. The van der Waals surface area contributed by atoms with Gasteiger partial charge in [0.05, 0.1) is 18.0 Å². The molecule has 0 radical (unpaired) electrons. The van der Waals surface area contributed by atoms with E-state index in [4.69, 9.17) is 0 Å². The average molecular weight is 373 g/mol. The molecule has 1 unspecified atom stereocenters. The van der Waals surface area contributed by atoms with Crippen LogP contribution in [0.1, 0.15) is 29.2 Å². The quantitative estimate of drug-likeness (QED) is 0.751. The molecule has 10 heteroatoms.